The summed E-state index contributed by atoms with van der Waals surface area (Å²) in [6.07, 6.45) is 3.96. The molecule has 2 rings (SSSR count). The third kappa shape index (κ3) is 3.57. The molecule has 0 unspecified atom stereocenters. The minimum Gasteiger partial charge on any atom is -0.497 e. The zero-order chi connectivity index (χ0) is 13.8. The first-order chi connectivity index (χ1) is 9.17. The molecule has 1 aliphatic rings. The van der Waals surface area contributed by atoms with E-state index in [4.69, 9.17) is 15.2 Å². The van der Waals surface area contributed by atoms with Crippen LogP contribution >= 0.6 is 12.4 Å². The van der Waals surface area contributed by atoms with Crippen LogP contribution in [-0.2, 0) is 0 Å². The van der Waals surface area contributed by atoms with E-state index in [1.54, 1.807) is 14.2 Å². The molecule has 1 fully saturated rings. The Labute approximate surface area is 126 Å². The van der Waals surface area contributed by atoms with Gasteiger partial charge in [0.2, 0.25) is 0 Å². The standard InChI is InChI=1S/C15H23NO3.ClH/c1-18-11-7-8-13(19-2)12(9-11)14(16)15(17)10-5-3-4-6-10;/h7-10,14-15,17H,3-6,16H2,1-2H3;1H/t14-,15+;/m1./s1. The van der Waals surface area contributed by atoms with Crippen LogP contribution in [0.3, 0.4) is 0 Å². The molecule has 0 aliphatic heterocycles. The minimum atomic E-state index is -0.525. The quantitative estimate of drug-likeness (QED) is 0.877. The first kappa shape index (κ1) is 17.1. The SMILES string of the molecule is COc1ccc(OC)c([C@@H](N)[C@@H](O)C2CCCC2)c1.Cl. The maximum atomic E-state index is 10.4. The van der Waals surface area contributed by atoms with E-state index in [1.807, 2.05) is 18.2 Å². The molecule has 0 bridgehead atoms. The number of aliphatic hydroxyl groups is 1. The van der Waals surface area contributed by atoms with Crippen LogP contribution in [0.5, 0.6) is 11.5 Å². The highest BCUT2D eigenvalue weighted by atomic mass is 35.5. The highest BCUT2D eigenvalue weighted by Gasteiger charge is 2.30. The van der Waals surface area contributed by atoms with Gasteiger partial charge in [0.1, 0.15) is 11.5 Å². The van der Waals surface area contributed by atoms with E-state index in [-0.39, 0.29) is 12.4 Å². The van der Waals surface area contributed by atoms with Crippen LogP contribution in [0, 0.1) is 5.92 Å². The molecule has 0 spiro atoms. The minimum absolute atomic E-state index is 0. The first-order valence-electron chi connectivity index (χ1n) is 6.83. The summed E-state index contributed by atoms with van der Waals surface area (Å²) in [6, 6.07) is 5.07. The van der Waals surface area contributed by atoms with Crippen LogP contribution in [0.4, 0.5) is 0 Å². The van der Waals surface area contributed by atoms with Gasteiger partial charge in [-0.15, -0.1) is 12.4 Å². The van der Waals surface area contributed by atoms with Gasteiger partial charge in [0.05, 0.1) is 26.4 Å². The molecule has 1 saturated carbocycles. The second-order valence-electron chi connectivity index (χ2n) is 5.17. The Balaban J connectivity index is 0.00000200. The number of hydrogen-bond acceptors (Lipinski definition) is 4. The summed E-state index contributed by atoms with van der Waals surface area (Å²) in [7, 11) is 3.23. The van der Waals surface area contributed by atoms with Gasteiger partial charge in [-0.3, -0.25) is 0 Å². The Morgan fingerprint density at radius 1 is 1.20 bits per heavy atom. The van der Waals surface area contributed by atoms with E-state index in [0.717, 1.165) is 24.2 Å². The molecule has 1 aliphatic carbocycles. The van der Waals surface area contributed by atoms with Crippen molar-refractivity contribution in [3.8, 4) is 11.5 Å². The van der Waals surface area contributed by atoms with Gasteiger partial charge in [0.15, 0.2) is 0 Å². The lowest BCUT2D eigenvalue weighted by atomic mass is 9.90. The fourth-order valence-corrected chi connectivity index (χ4v) is 2.88. The van der Waals surface area contributed by atoms with Crippen molar-refractivity contribution in [2.75, 3.05) is 14.2 Å². The second-order valence-corrected chi connectivity index (χ2v) is 5.17. The van der Waals surface area contributed by atoms with E-state index in [0.29, 0.717) is 11.7 Å². The van der Waals surface area contributed by atoms with Gasteiger partial charge in [-0.05, 0) is 37.0 Å². The third-order valence-electron chi connectivity index (χ3n) is 4.05. The summed E-state index contributed by atoms with van der Waals surface area (Å²) in [5.41, 5.74) is 7.04. The average Bonchev–Trinajstić information content (AvgIpc) is 2.99. The lowest BCUT2D eigenvalue weighted by Gasteiger charge is -2.26. The Bertz CT molecular complexity index is 422. The Morgan fingerprint density at radius 3 is 2.40 bits per heavy atom. The molecular formula is C15H24ClNO3. The molecule has 1 aromatic rings. The fraction of sp³-hybridized carbons (Fsp3) is 0.600. The van der Waals surface area contributed by atoms with Crippen LogP contribution in [0.1, 0.15) is 37.3 Å². The van der Waals surface area contributed by atoms with Crippen LogP contribution in [0.25, 0.3) is 0 Å². The molecule has 114 valence electrons. The highest BCUT2D eigenvalue weighted by molar-refractivity contribution is 5.85. The summed E-state index contributed by atoms with van der Waals surface area (Å²) < 4.78 is 10.5. The average molecular weight is 302 g/mol. The van der Waals surface area contributed by atoms with E-state index < -0.39 is 12.1 Å². The number of hydrogen-bond donors (Lipinski definition) is 2. The molecule has 0 aromatic heterocycles. The normalized spacial score (nSPS) is 18.2. The van der Waals surface area contributed by atoms with E-state index in [2.05, 4.69) is 0 Å². The monoisotopic (exact) mass is 301 g/mol. The molecule has 5 heteroatoms. The summed E-state index contributed by atoms with van der Waals surface area (Å²) in [4.78, 5) is 0. The van der Waals surface area contributed by atoms with Gasteiger partial charge < -0.3 is 20.3 Å². The highest BCUT2D eigenvalue weighted by Crippen LogP contribution is 2.36. The van der Waals surface area contributed by atoms with Gasteiger partial charge in [0.25, 0.3) is 0 Å². The van der Waals surface area contributed by atoms with Gasteiger partial charge in [-0.1, -0.05) is 12.8 Å². The zero-order valence-electron chi connectivity index (χ0n) is 12.0. The number of rotatable bonds is 5. The number of ether oxygens (including phenoxy) is 2. The number of benzene rings is 1. The van der Waals surface area contributed by atoms with Crippen molar-refractivity contribution in [3.05, 3.63) is 23.8 Å². The van der Waals surface area contributed by atoms with Crippen LogP contribution < -0.4 is 15.2 Å². The maximum absolute atomic E-state index is 10.4. The van der Waals surface area contributed by atoms with Crippen molar-refractivity contribution in [1.29, 1.82) is 0 Å². The van der Waals surface area contributed by atoms with E-state index in [1.165, 1.54) is 12.8 Å². The van der Waals surface area contributed by atoms with Crippen molar-refractivity contribution < 1.29 is 14.6 Å². The number of methoxy groups -OCH3 is 2. The number of halogens is 1. The van der Waals surface area contributed by atoms with Crippen molar-refractivity contribution in [3.63, 3.8) is 0 Å². The van der Waals surface area contributed by atoms with E-state index in [9.17, 15) is 5.11 Å². The molecule has 0 saturated heterocycles. The summed E-state index contributed by atoms with van der Waals surface area (Å²) in [5.74, 6) is 1.72. The van der Waals surface area contributed by atoms with Gasteiger partial charge in [-0.25, -0.2) is 0 Å². The van der Waals surface area contributed by atoms with Crippen molar-refractivity contribution in [2.24, 2.45) is 11.7 Å². The smallest absolute Gasteiger partial charge is 0.123 e. The molecule has 4 nitrogen and oxygen atoms in total. The largest absolute Gasteiger partial charge is 0.497 e. The van der Waals surface area contributed by atoms with Crippen molar-refractivity contribution >= 4 is 12.4 Å². The van der Waals surface area contributed by atoms with E-state index >= 15 is 0 Å². The molecule has 1 aromatic carbocycles. The number of nitrogens with two attached hydrogens (primary N) is 1. The van der Waals surface area contributed by atoms with Gasteiger partial charge in [0, 0.05) is 5.56 Å². The molecule has 0 amide bonds. The molecule has 3 N–H and O–H groups in total. The molecule has 0 heterocycles. The van der Waals surface area contributed by atoms with Crippen LogP contribution in [-0.4, -0.2) is 25.4 Å². The van der Waals surface area contributed by atoms with Gasteiger partial charge >= 0.3 is 0 Å². The zero-order valence-corrected chi connectivity index (χ0v) is 12.9. The van der Waals surface area contributed by atoms with Crippen molar-refractivity contribution in [1.82, 2.24) is 0 Å². The molecule has 20 heavy (non-hydrogen) atoms. The Morgan fingerprint density at radius 2 is 1.85 bits per heavy atom. The summed E-state index contributed by atoms with van der Waals surface area (Å²) in [5, 5.41) is 10.4. The van der Waals surface area contributed by atoms with Crippen LogP contribution in [0.2, 0.25) is 0 Å². The molecule has 0 radical (unpaired) electrons. The third-order valence-corrected chi connectivity index (χ3v) is 4.05. The van der Waals surface area contributed by atoms with Crippen LogP contribution in [0.15, 0.2) is 18.2 Å². The number of aliphatic hydroxyl groups excluding tert-OH is 1. The summed E-state index contributed by atoms with van der Waals surface area (Å²) in [6.45, 7) is 0. The second kappa shape index (κ2) is 7.72. The first-order valence-corrected chi connectivity index (χ1v) is 6.83. The Kier molecular flexibility index (Phi) is 6.59. The maximum Gasteiger partial charge on any atom is 0.123 e. The lowest BCUT2D eigenvalue weighted by Crippen LogP contribution is -2.32. The fourth-order valence-electron chi connectivity index (χ4n) is 2.88. The summed E-state index contributed by atoms with van der Waals surface area (Å²) >= 11 is 0. The predicted octanol–water partition coefficient (Wildman–Crippen LogP) is 2.68. The lowest BCUT2D eigenvalue weighted by molar-refractivity contribution is 0.0835. The molecule has 2 atom stereocenters. The van der Waals surface area contributed by atoms with Gasteiger partial charge in [-0.2, -0.15) is 0 Å². The molecular weight excluding hydrogens is 278 g/mol. The van der Waals surface area contributed by atoms with Crippen molar-refractivity contribution in [2.45, 2.75) is 37.8 Å². The predicted molar refractivity (Wildman–Crippen MR) is 81.7 cm³/mol. The topological polar surface area (TPSA) is 64.7 Å². The Hall–Kier alpha value is -0.970.